The molecule has 0 N–H and O–H groups in total. The van der Waals surface area contributed by atoms with Crippen LogP contribution in [0.25, 0.3) is 22.4 Å². The molecule has 0 bridgehead atoms. The summed E-state index contributed by atoms with van der Waals surface area (Å²) in [5.74, 6) is 0.793. The fourth-order valence-corrected chi connectivity index (χ4v) is 3.36. The molecule has 5 heteroatoms. The molecule has 134 valence electrons. The van der Waals surface area contributed by atoms with Crippen molar-refractivity contribution >= 4 is 38.6 Å². The molecular formula is C22H18BrN3O. The van der Waals surface area contributed by atoms with Gasteiger partial charge in [0, 0.05) is 22.8 Å². The minimum Gasteiger partial charge on any atom is -0.314 e. The summed E-state index contributed by atoms with van der Waals surface area (Å²) in [6.45, 7) is 0.220. The van der Waals surface area contributed by atoms with E-state index in [0.29, 0.717) is 0 Å². The van der Waals surface area contributed by atoms with Gasteiger partial charge >= 0.3 is 0 Å². The van der Waals surface area contributed by atoms with E-state index in [1.807, 2.05) is 83.4 Å². The van der Waals surface area contributed by atoms with Gasteiger partial charge in [-0.2, -0.15) is 0 Å². The molecule has 0 spiro atoms. The van der Waals surface area contributed by atoms with E-state index in [0.717, 1.165) is 32.6 Å². The normalized spacial score (nSPS) is 10.9. The predicted molar refractivity (Wildman–Crippen MR) is 113 cm³/mol. The average Bonchev–Trinajstić information content (AvgIpc) is 3.07. The number of benzene rings is 3. The van der Waals surface area contributed by atoms with Crippen LogP contribution in [-0.2, 0) is 11.3 Å². The Kier molecular flexibility index (Phi) is 4.77. The monoisotopic (exact) mass is 419 g/mol. The highest BCUT2D eigenvalue weighted by Crippen LogP contribution is 2.26. The van der Waals surface area contributed by atoms with Crippen LogP contribution in [0.15, 0.2) is 83.3 Å². The number of carbonyl (C=O) groups excluding carboxylic acids is 1. The average molecular weight is 420 g/mol. The van der Waals surface area contributed by atoms with Gasteiger partial charge in [0.05, 0.1) is 11.0 Å². The van der Waals surface area contributed by atoms with Crippen LogP contribution in [0, 0.1) is 0 Å². The molecule has 4 aromatic rings. The molecular weight excluding hydrogens is 402 g/mol. The summed E-state index contributed by atoms with van der Waals surface area (Å²) < 4.78 is 2.99. The lowest BCUT2D eigenvalue weighted by Gasteiger charge is -2.18. The van der Waals surface area contributed by atoms with Crippen molar-refractivity contribution in [3.8, 4) is 11.4 Å². The molecule has 0 radical (unpaired) electrons. The summed E-state index contributed by atoms with van der Waals surface area (Å²) in [4.78, 5) is 19.4. The predicted octanol–water partition coefficient (Wildman–Crippen LogP) is 5.13. The number of imidazole rings is 1. The van der Waals surface area contributed by atoms with E-state index < -0.39 is 0 Å². The Morgan fingerprint density at radius 2 is 1.63 bits per heavy atom. The lowest BCUT2D eigenvalue weighted by atomic mass is 10.2. The summed E-state index contributed by atoms with van der Waals surface area (Å²) in [6, 6.07) is 25.5. The number of carbonyl (C=O) groups is 1. The number of para-hydroxylation sites is 3. The Bertz CT molecular complexity index is 1090. The molecule has 0 saturated heterocycles. The fraction of sp³-hybridized carbons (Fsp3) is 0.0909. The zero-order chi connectivity index (χ0) is 18.8. The van der Waals surface area contributed by atoms with E-state index in [4.69, 9.17) is 4.98 Å². The molecule has 27 heavy (non-hydrogen) atoms. The number of amides is 1. The van der Waals surface area contributed by atoms with Gasteiger partial charge in [0.25, 0.3) is 0 Å². The van der Waals surface area contributed by atoms with Crippen molar-refractivity contribution in [3.05, 3.63) is 83.3 Å². The maximum absolute atomic E-state index is 13.0. The van der Waals surface area contributed by atoms with Crippen LogP contribution in [-0.4, -0.2) is 22.5 Å². The topological polar surface area (TPSA) is 38.1 Å². The Morgan fingerprint density at radius 1 is 0.963 bits per heavy atom. The Hall–Kier alpha value is -2.92. The number of hydrogen-bond donors (Lipinski definition) is 0. The van der Waals surface area contributed by atoms with Crippen molar-refractivity contribution in [2.45, 2.75) is 6.54 Å². The number of rotatable bonds is 4. The van der Waals surface area contributed by atoms with Gasteiger partial charge in [0.15, 0.2) is 0 Å². The van der Waals surface area contributed by atoms with Crippen LogP contribution in [0.3, 0.4) is 0 Å². The fourth-order valence-electron chi connectivity index (χ4n) is 3.09. The van der Waals surface area contributed by atoms with Gasteiger partial charge in [-0.05, 0) is 36.4 Å². The number of nitrogens with zero attached hydrogens (tertiary/aromatic N) is 3. The lowest BCUT2D eigenvalue weighted by Crippen LogP contribution is -2.30. The van der Waals surface area contributed by atoms with Gasteiger partial charge in [-0.3, -0.25) is 4.79 Å². The standard InChI is InChI=1S/C22H18BrN3O/c1-25(18-7-3-2-4-8-18)21(27)15-26-20-10-6-5-9-19(20)24-22(26)16-11-13-17(23)14-12-16/h2-14H,15H2,1H3. The van der Waals surface area contributed by atoms with Crippen molar-refractivity contribution in [1.29, 1.82) is 0 Å². The Balaban J connectivity index is 1.75. The van der Waals surface area contributed by atoms with Crippen LogP contribution >= 0.6 is 15.9 Å². The van der Waals surface area contributed by atoms with Gasteiger partial charge in [-0.15, -0.1) is 0 Å². The first-order valence-electron chi connectivity index (χ1n) is 8.66. The molecule has 0 unspecified atom stereocenters. The van der Waals surface area contributed by atoms with Crippen molar-refractivity contribution < 1.29 is 4.79 Å². The van der Waals surface area contributed by atoms with Crippen LogP contribution in [0.4, 0.5) is 5.69 Å². The summed E-state index contributed by atoms with van der Waals surface area (Å²) in [7, 11) is 1.80. The molecule has 1 amide bonds. The Morgan fingerprint density at radius 3 is 2.37 bits per heavy atom. The third-order valence-corrected chi connectivity index (χ3v) is 5.10. The highest BCUT2D eigenvalue weighted by molar-refractivity contribution is 9.10. The first kappa shape index (κ1) is 17.5. The number of fused-ring (bicyclic) bond motifs is 1. The molecule has 4 nitrogen and oxygen atoms in total. The van der Waals surface area contributed by atoms with E-state index in [9.17, 15) is 4.79 Å². The van der Waals surface area contributed by atoms with Crippen LogP contribution in [0.5, 0.6) is 0 Å². The first-order chi connectivity index (χ1) is 13.1. The number of hydrogen-bond acceptors (Lipinski definition) is 2. The summed E-state index contributed by atoms with van der Waals surface area (Å²) in [5, 5.41) is 0. The number of aromatic nitrogens is 2. The maximum Gasteiger partial charge on any atom is 0.246 e. The first-order valence-corrected chi connectivity index (χ1v) is 9.45. The molecule has 0 aliphatic carbocycles. The molecule has 0 aliphatic rings. The van der Waals surface area contributed by atoms with Gasteiger partial charge < -0.3 is 9.47 Å². The maximum atomic E-state index is 13.0. The summed E-state index contributed by atoms with van der Waals surface area (Å²) in [6.07, 6.45) is 0. The molecule has 1 heterocycles. The number of likely N-dealkylation sites (N-methyl/N-ethyl adjacent to an activating group) is 1. The second-order valence-electron chi connectivity index (χ2n) is 6.31. The van der Waals surface area contributed by atoms with Gasteiger partial charge in [0.2, 0.25) is 5.91 Å². The number of halogens is 1. The highest BCUT2D eigenvalue weighted by Gasteiger charge is 2.18. The van der Waals surface area contributed by atoms with E-state index in [-0.39, 0.29) is 12.5 Å². The van der Waals surface area contributed by atoms with Gasteiger partial charge in [0.1, 0.15) is 12.4 Å². The number of anilines is 1. The SMILES string of the molecule is CN(C(=O)Cn1c(-c2ccc(Br)cc2)nc2ccccc21)c1ccccc1. The zero-order valence-corrected chi connectivity index (χ0v) is 16.4. The van der Waals surface area contributed by atoms with E-state index >= 15 is 0 Å². The van der Waals surface area contributed by atoms with E-state index in [1.54, 1.807) is 11.9 Å². The quantitative estimate of drug-likeness (QED) is 0.459. The molecule has 4 rings (SSSR count). The molecule has 3 aromatic carbocycles. The Labute approximate surface area is 166 Å². The highest BCUT2D eigenvalue weighted by atomic mass is 79.9. The van der Waals surface area contributed by atoms with Crippen molar-refractivity contribution in [2.75, 3.05) is 11.9 Å². The van der Waals surface area contributed by atoms with Crippen LogP contribution < -0.4 is 4.90 Å². The van der Waals surface area contributed by atoms with Crippen molar-refractivity contribution in [2.24, 2.45) is 0 Å². The van der Waals surface area contributed by atoms with E-state index in [2.05, 4.69) is 15.9 Å². The van der Waals surface area contributed by atoms with Crippen LogP contribution in [0.1, 0.15) is 0 Å². The molecule has 0 atom stereocenters. The van der Waals surface area contributed by atoms with Gasteiger partial charge in [-0.1, -0.05) is 58.4 Å². The summed E-state index contributed by atoms with van der Waals surface area (Å²) in [5.41, 5.74) is 3.68. The molecule has 0 saturated carbocycles. The molecule has 0 fully saturated rings. The third-order valence-electron chi connectivity index (χ3n) is 4.57. The molecule has 1 aromatic heterocycles. The zero-order valence-electron chi connectivity index (χ0n) is 14.8. The smallest absolute Gasteiger partial charge is 0.246 e. The lowest BCUT2D eigenvalue weighted by molar-refractivity contribution is -0.118. The minimum atomic E-state index is 0.00251. The summed E-state index contributed by atoms with van der Waals surface area (Å²) >= 11 is 3.47. The van der Waals surface area contributed by atoms with Gasteiger partial charge in [-0.25, -0.2) is 4.98 Å². The van der Waals surface area contributed by atoms with Crippen LogP contribution in [0.2, 0.25) is 0 Å². The second kappa shape index (κ2) is 7.37. The minimum absolute atomic E-state index is 0.00251. The van der Waals surface area contributed by atoms with Crippen molar-refractivity contribution in [1.82, 2.24) is 9.55 Å². The second-order valence-corrected chi connectivity index (χ2v) is 7.22. The largest absolute Gasteiger partial charge is 0.314 e. The third kappa shape index (κ3) is 3.51. The van der Waals surface area contributed by atoms with E-state index in [1.165, 1.54) is 0 Å². The van der Waals surface area contributed by atoms with Crippen molar-refractivity contribution in [3.63, 3.8) is 0 Å². The molecule has 0 aliphatic heterocycles.